The zero-order valence-electron chi connectivity index (χ0n) is 15.5. The predicted octanol–water partition coefficient (Wildman–Crippen LogP) is 5.97. The van der Waals surface area contributed by atoms with Crippen LogP contribution in [0.1, 0.15) is 11.3 Å². The summed E-state index contributed by atoms with van der Waals surface area (Å²) in [5.41, 5.74) is 1.94. The maximum atomic E-state index is 12.6. The molecule has 0 radical (unpaired) electrons. The topological polar surface area (TPSA) is 45.8 Å². The van der Waals surface area contributed by atoms with E-state index in [1.807, 2.05) is 73.7 Å². The van der Waals surface area contributed by atoms with Crippen molar-refractivity contribution >= 4 is 46.4 Å². The highest BCUT2D eigenvalue weighted by atomic mass is 32.2. The highest BCUT2D eigenvalue weighted by Crippen LogP contribution is 2.35. The molecule has 28 heavy (non-hydrogen) atoms. The van der Waals surface area contributed by atoms with E-state index in [-0.39, 0.29) is 5.91 Å². The van der Waals surface area contributed by atoms with Crippen molar-refractivity contribution in [2.45, 2.75) is 16.9 Å². The number of carbonyl (C=O) groups excluding carboxylic acids is 1. The second-order valence-electron chi connectivity index (χ2n) is 6.23. The van der Waals surface area contributed by atoms with E-state index in [2.05, 4.69) is 4.99 Å². The van der Waals surface area contributed by atoms with Crippen LogP contribution in [-0.4, -0.2) is 23.0 Å². The Morgan fingerprint density at radius 2 is 1.79 bits per heavy atom. The first kappa shape index (κ1) is 18.7. The number of amides is 1. The summed E-state index contributed by atoms with van der Waals surface area (Å²) in [6.45, 7) is 2.01. The first-order valence-corrected chi connectivity index (χ1v) is 10.4. The van der Waals surface area contributed by atoms with E-state index < -0.39 is 0 Å². The summed E-state index contributed by atoms with van der Waals surface area (Å²) in [5.74, 6) is 0.575. The summed E-state index contributed by atoms with van der Waals surface area (Å²) in [6, 6.07) is 21.7. The van der Waals surface area contributed by atoms with Crippen molar-refractivity contribution in [2.24, 2.45) is 4.99 Å². The number of likely N-dealkylation sites (N-methyl/N-ethyl adjacent to an activating group) is 1. The summed E-state index contributed by atoms with van der Waals surface area (Å²) in [5, 5.41) is 1.45. The van der Waals surface area contributed by atoms with Gasteiger partial charge in [-0.3, -0.25) is 9.69 Å². The molecule has 1 saturated heterocycles. The van der Waals surface area contributed by atoms with E-state index in [1.165, 1.54) is 11.8 Å². The molecule has 1 aliphatic rings. The number of thioether (sulfide) groups is 1. The summed E-state index contributed by atoms with van der Waals surface area (Å²) in [7, 11) is 1.74. The first-order chi connectivity index (χ1) is 13.6. The highest BCUT2D eigenvalue weighted by Gasteiger charge is 2.30. The zero-order chi connectivity index (χ0) is 19.5. The first-order valence-electron chi connectivity index (χ1n) is 8.75. The SMILES string of the molecule is Cc1ccccc1N=C1S/C(=C\c2ccc(Sc3ccccc3)o2)C(=O)N1C. The van der Waals surface area contributed by atoms with E-state index in [9.17, 15) is 4.79 Å². The molecule has 6 heteroatoms. The Morgan fingerprint density at radius 3 is 2.57 bits per heavy atom. The van der Waals surface area contributed by atoms with Crippen LogP contribution in [0.3, 0.4) is 0 Å². The van der Waals surface area contributed by atoms with Crippen molar-refractivity contribution in [1.82, 2.24) is 4.90 Å². The predicted molar refractivity (Wildman–Crippen MR) is 116 cm³/mol. The number of rotatable bonds is 4. The fourth-order valence-corrected chi connectivity index (χ4v) is 4.40. The van der Waals surface area contributed by atoms with Gasteiger partial charge in [0.2, 0.25) is 0 Å². The molecule has 1 amide bonds. The van der Waals surface area contributed by atoms with Crippen molar-refractivity contribution in [3.05, 3.63) is 83.0 Å². The summed E-state index contributed by atoms with van der Waals surface area (Å²) in [6.07, 6.45) is 1.78. The maximum Gasteiger partial charge on any atom is 0.266 e. The number of benzene rings is 2. The Balaban J connectivity index is 1.54. The van der Waals surface area contributed by atoms with E-state index in [4.69, 9.17) is 4.42 Å². The van der Waals surface area contributed by atoms with Gasteiger partial charge in [-0.05, 0) is 54.6 Å². The van der Waals surface area contributed by atoms with Gasteiger partial charge in [0, 0.05) is 18.0 Å². The number of nitrogens with zero attached hydrogens (tertiary/aromatic N) is 2. The molecule has 4 nitrogen and oxygen atoms in total. The van der Waals surface area contributed by atoms with Crippen LogP contribution in [0.15, 0.2) is 91.0 Å². The molecule has 140 valence electrons. The van der Waals surface area contributed by atoms with Crippen LogP contribution < -0.4 is 0 Å². The van der Waals surface area contributed by atoms with Crippen molar-refractivity contribution in [3.8, 4) is 0 Å². The van der Waals surface area contributed by atoms with Crippen LogP contribution in [0.5, 0.6) is 0 Å². The second-order valence-corrected chi connectivity index (χ2v) is 8.31. The second kappa shape index (κ2) is 8.12. The largest absolute Gasteiger partial charge is 0.450 e. The minimum Gasteiger partial charge on any atom is -0.450 e. The molecule has 3 aromatic rings. The molecule has 0 saturated carbocycles. The molecule has 0 aliphatic carbocycles. The molecule has 0 N–H and O–H groups in total. The smallest absolute Gasteiger partial charge is 0.266 e. The van der Waals surface area contributed by atoms with E-state index >= 15 is 0 Å². The van der Waals surface area contributed by atoms with Gasteiger partial charge in [-0.1, -0.05) is 48.2 Å². The van der Waals surface area contributed by atoms with Crippen LogP contribution in [0, 0.1) is 6.92 Å². The number of furan rings is 1. The summed E-state index contributed by atoms with van der Waals surface area (Å²) < 4.78 is 5.87. The third kappa shape index (κ3) is 4.08. The van der Waals surface area contributed by atoms with Gasteiger partial charge in [0.1, 0.15) is 5.76 Å². The van der Waals surface area contributed by atoms with Gasteiger partial charge >= 0.3 is 0 Å². The number of aryl methyl sites for hydroxylation is 1. The lowest BCUT2D eigenvalue weighted by Gasteiger charge is -2.08. The van der Waals surface area contributed by atoms with Crippen LogP contribution >= 0.6 is 23.5 Å². The normalized spacial score (nSPS) is 17.1. The van der Waals surface area contributed by atoms with Crippen LogP contribution in [-0.2, 0) is 4.79 Å². The number of hydrogen-bond donors (Lipinski definition) is 0. The lowest BCUT2D eigenvalue weighted by atomic mass is 10.2. The number of amidine groups is 1. The lowest BCUT2D eigenvalue weighted by molar-refractivity contribution is -0.121. The van der Waals surface area contributed by atoms with Crippen molar-refractivity contribution in [3.63, 3.8) is 0 Å². The number of para-hydroxylation sites is 1. The monoisotopic (exact) mass is 406 g/mol. The van der Waals surface area contributed by atoms with Crippen LogP contribution in [0.2, 0.25) is 0 Å². The third-order valence-electron chi connectivity index (χ3n) is 4.17. The molecule has 0 atom stereocenters. The molecule has 0 unspecified atom stereocenters. The quantitative estimate of drug-likeness (QED) is 0.501. The Kier molecular flexibility index (Phi) is 5.41. The van der Waals surface area contributed by atoms with Crippen molar-refractivity contribution in [2.75, 3.05) is 7.05 Å². The Labute approximate surface area is 172 Å². The van der Waals surface area contributed by atoms with Gasteiger partial charge in [0.15, 0.2) is 10.3 Å². The van der Waals surface area contributed by atoms with E-state index in [1.54, 1.807) is 29.8 Å². The number of hydrogen-bond acceptors (Lipinski definition) is 5. The molecule has 4 rings (SSSR count). The number of aliphatic imine (C=N–C) groups is 1. The minimum atomic E-state index is -0.0778. The molecule has 1 aliphatic heterocycles. The summed E-state index contributed by atoms with van der Waals surface area (Å²) >= 11 is 2.91. The summed E-state index contributed by atoms with van der Waals surface area (Å²) in [4.78, 5) is 20.5. The van der Waals surface area contributed by atoms with Gasteiger partial charge < -0.3 is 4.42 Å². The average Bonchev–Trinajstić information content (AvgIpc) is 3.24. The molecule has 0 bridgehead atoms. The fraction of sp³-hybridized carbons (Fsp3) is 0.0909. The van der Waals surface area contributed by atoms with Crippen LogP contribution in [0.4, 0.5) is 5.69 Å². The number of carbonyl (C=O) groups is 1. The third-order valence-corrected chi connectivity index (χ3v) is 6.16. The maximum absolute atomic E-state index is 12.6. The van der Waals surface area contributed by atoms with Gasteiger partial charge in [-0.25, -0.2) is 4.99 Å². The fourth-order valence-electron chi connectivity index (χ4n) is 2.64. The van der Waals surface area contributed by atoms with Gasteiger partial charge in [0.05, 0.1) is 10.6 Å². The van der Waals surface area contributed by atoms with Crippen molar-refractivity contribution < 1.29 is 9.21 Å². The highest BCUT2D eigenvalue weighted by molar-refractivity contribution is 8.18. The van der Waals surface area contributed by atoms with E-state index in [0.29, 0.717) is 15.8 Å². The van der Waals surface area contributed by atoms with Gasteiger partial charge in [-0.15, -0.1) is 0 Å². The molecule has 2 aromatic carbocycles. The lowest BCUT2D eigenvalue weighted by Crippen LogP contribution is -2.23. The van der Waals surface area contributed by atoms with Gasteiger partial charge in [0.25, 0.3) is 5.91 Å². The molecule has 1 aromatic heterocycles. The average molecular weight is 407 g/mol. The molecular formula is C22H18N2O2S2. The molecular weight excluding hydrogens is 388 g/mol. The van der Waals surface area contributed by atoms with Crippen molar-refractivity contribution in [1.29, 1.82) is 0 Å². The standard InChI is InChI=1S/C22H18N2O2S2/c1-15-8-6-7-11-18(15)23-22-24(2)21(25)19(28-22)14-16-12-13-20(26-16)27-17-9-4-3-5-10-17/h3-14H,1-2H3/b19-14-,23-22?. The Hall–Kier alpha value is -2.70. The van der Waals surface area contributed by atoms with E-state index in [0.717, 1.165) is 21.2 Å². The van der Waals surface area contributed by atoms with Gasteiger partial charge in [-0.2, -0.15) is 0 Å². The Bertz CT molecular complexity index is 1070. The Morgan fingerprint density at radius 1 is 1.04 bits per heavy atom. The molecule has 1 fully saturated rings. The zero-order valence-corrected chi connectivity index (χ0v) is 17.1. The minimum absolute atomic E-state index is 0.0778. The van der Waals surface area contributed by atoms with Crippen LogP contribution in [0.25, 0.3) is 6.08 Å². The molecule has 2 heterocycles. The molecule has 0 spiro atoms.